The highest BCUT2D eigenvalue weighted by atomic mass is 35.5. The molecule has 1 aliphatic rings. The van der Waals surface area contributed by atoms with Gasteiger partial charge in [0.05, 0.1) is 0 Å². The molecule has 1 aliphatic heterocycles. The topological polar surface area (TPSA) is 27.8 Å². The van der Waals surface area contributed by atoms with E-state index in [4.69, 9.17) is 0 Å². The molecule has 0 aliphatic carbocycles. The molecule has 0 bridgehead atoms. The summed E-state index contributed by atoms with van der Waals surface area (Å²) >= 11 is 0. The number of aromatic nitrogens is 1. The summed E-state index contributed by atoms with van der Waals surface area (Å²) in [6.45, 7) is 2.12. The van der Waals surface area contributed by atoms with Crippen molar-refractivity contribution < 1.29 is 0 Å². The lowest BCUT2D eigenvalue weighted by atomic mass is 10.0. The molecule has 0 amide bonds. The standard InChI is InChI=1S/C9H12N2.2ClH/c1-4-10-5-2-8(1)9-3-6-11-7-9;;/h1,3,6-7,10-11H,2,4-5H2;2*1H. The Hall–Kier alpha value is -0.440. The molecule has 0 spiro atoms. The van der Waals surface area contributed by atoms with Crippen molar-refractivity contribution in [3.05, 3.63) is 30.1 Å². The molecule has 74 valence electrons. The molecule has 13 heavy (non-hydrogen) atoms. The van der Waals surface area contributed by atoms with Crippen LogP contribution in [-0.2, 0) is 0 Å². The van der Waals surface area contributed by atoms with E-state index in [0.29, 0.717) is 0 Å². The number of hydrogen-bond donors (Lipinski definition) is 2. The van der Waals surface area contributed by atoms with Gasteiger partial charge in [0.25, 0.3) is 0 Å². The lowest BCUT2D eigenvalue weighted by molar-refractivity contribution is 0.739. The van der Waals surface area contributed by atoms with Crippen molar-refractivity contribution in [2.45, 2.75) is 6.42 Å². The zero-order valence-electron chi connectivity index (χ0n) is 7.25. The molecule has 0 unspecified atom stereocenters. The molecular weight excluding hydrogens is 207 g/mol. The van der Waals surface area contributed by atoms with Crippen molar-refractivity contribution in [3.8, 4) is 0 Å². The fourth-order valence-corrected chi connectivity index (χ4v) is 1.41. The van der Waals surface area contributed by atoms with Gasteiger partial charge in [-0.25, -0.2) is 0 Å². The Labute approximate surface area is 90.6 Å². The molecule has 0 fully saturated rings. The highest BCUT2D eigenvalue weighted by molar-refractivity contribution is 5.85. The predicted molar refractivity (Wildman–Crippen MR) is 60.8 cm³/mol. The third-order valence-corrected chi connectivity index (χ3v) is 2.03. The minimum absolute atomic E-state index is 0. The fourth-order valence-electron chi connectivity index (χ4n) is 1.41. The van der Waals surface area contributed by atoms with E-state index in [1.807, 2.05) is 6.20 Å². The lowest BCUT2D eigenvalue weighted by Crippen LogP contribution is -2.19. The molecule has 2 nitrogen and oxygen atoms in total. The van der Waals surface area contributed by atoms with Gasteiger partial charge in [0.2, 0.25) is 0 Å². The second kappa shape index (κ2) is 6.08. The Morgan fingerprint density at radius 2 is 2.08 bits per heavy atom. The Kier molecular flexibility index (Phi) is 5.88. The van der Waals surface area contributed by atoms with E-state index in [-0.39, 0.29) is 24.8 Å². The van der Waals surface area contributed by atoms with E-state index in [1.54, 1.807) is 0 Å². The Balaban J connectivity index is 0.000000720. The molecule has 2 N–H and O–H groups in total. The van der Waals surface area contributed by atoms with E-state index < -0.39 is 0 Å². The van der Waals surface area contributed by atoms with E-state index in [9.17, 15) is 0 Å². The zero-order chi connectivity index (χ0) is 7.52. The summed E-state index contributed by atoms with van der Waals surface area (Å²) in [5, 5.41) is 3.29. The van der Waals surface area contributed by atoms with Crippen molar-refractivity contribution in [3.63, 3.8) is 0 Å². The second-order valence-electron chi connectivity index (χ2n) is 2.78. The number of rotatable bonds is 1. The van der Waals surface area contributed by atoms with Crippen LogP contribution in [0.5, 0.6) is 0 Å². The highest BCUT2D eigenvalue weighted by Crippen LogP contribution is 2.18. The first-order valence-electron chi connectivity index (χ1n) is 4.00. The maximum atomic E-state index is 3.29. The van der Waals surface area contributed by atoms with Gasteiger partial charge in [-0.05, 0) is 30.2 Å². The minimum atomic E-state index is 0. The molecule has 0 radical (unpaired) electrons. The number of nitrogens with one attached hydrogen (secondary N) is 2. The fraction of sp³-hybridized carbons (Fsp3) is 0.333. The zero-order valence-corrected chi connectivity index (χ0v) is 8.88. The van der Waals surface area contributed by atoms with Crippen molar-refractivity contribution in [2.75, 3.05) is 13.1 Å². The van der Waals surface area contributed by atoms with Gasteiger partial charge < -0.3 is 10.3 Å². The van der Waals surface area contributed by atoms with Gasteiger partial charge in [-0.1, -0.05) is 6.08 Å². The SMILES string of the molecule is C1=C(c2cc[nH]c2)CCNC1.Cl.Cl. The van der Waals surface area contributed by atoms with Crippen LogP contribution in [0.1, 0.15) is 12.0 Å². The van der Waals surface area contributed by atoms with Crippen LogP contribution in [0, 0.1) is 0 Å². The van der Waals surface area contributed by atoms with Crippen molar-refractivity contribution in [2.24, 2.45) is 0 Å². The van der Waals surface area contributed by atoms with Gasteiger partial charge in [0.15, 0.2) is 0 Å². The van der Waals surface area contributed by atoms with Crippen molar-refractivity contribution in [1.29, 1.82) is 0 Å². The summed E-state index contributed by atoms with van der Waals surface area (Å²) < 4.78 is 0. The highest BCUT2D eigenvalue weighted by Gasteiger charge is 2.04. The van der Waals surface area contributed by atoms with Crippen LogP contribution >= 0.6 is 24.8 Å². The summed E-state index contributed by atoms with van der Waals surface area (Å²) in [6, 6.07) is 2.12. The van der Waals surface area contributed by atoms with Crippen LogP contribution in [-0.4, -0.2) is 18.1 Å². The van der Waals surface area contributed by atoms with Gasteiger partial charge >= 0.3 is 0 Å². The number of halogens is 2. The van der Waals surface area contributed by atoms with E-state index >= 15 is 0 Å². The maximum absolute atomic E-state index is 3.29. The molecule has 2 heterocycles. The Morgan fingerprint density at radius 3 is 2.62 bits per heavy atom. The molecule has 0 saturated carbocycles. The normalized spacial score (nSPS) is 15.2. The number of aromatic amines is 1. The van der Waals surface area contributed by atoms with Gasteiger partial charge in [-0.15, -0.1) is 24.8 Å². The van der Waals surface area contributed by atoms with Crippen LogP contribution < -0.4 is 5.32 Å². The van der Waals surface area contributed by atoms with Gasteiger partial charge in [0, 0.05) is 18.9 Å². The summed E-state index contributed by atoms with van der Waals surface area (Å²) in [5.74, 6) is 0. The van der Waals surface area contributed by atoms with Crippen LogP contribution in [0.3, 0.4) is 0 Å². The minimum Gasteiger partial charge on any atom is -0.367 e. The summed E-state index contributed by atoms with van der Waals surface area (Å²) in [7, 11) is 0. The Bertz CT molecular complexity index is 255. The molecule has 0 saturated heterocycles. The predicted octanol–water partition coefficient (Wildman–Crippen LogP) is 2.24. The van der Waals surface area contributed by atoms with E-state index in [0.717, 1.165) is 19.5 Å². The molecule has 1 aromatic rings. The average molecular weight is 221 g/mol. The molecule has 4 heteroatoms. The summed E-state index contributed by atoms with van der Waals surface area (Å²) in [5.41, 5.74) is 2.80. The molecule has 1 aromatic heterocycles. The van der Waals surface area contributed by atoms with Gasteiger partial charge in [0.1, 0.15) is 0 Å². The maximum Gasteiger partial charge on any atom is 0.0140 e. The summed E-state index contributed by atoms with van der Waals surface area (Å²) in [4.78, 5) is 3.07. The number of H-pyrrole nitrogens is 1. The number of hydrogen-bond acceptors (Lipinski definition) is 1. The van der Waals surface area contributed by atoms with E-state index in [2.05, 4.69) is 28.6 Å². The third kappa shape index (κ3) is 3.07. The Morgan fingerprint density at radius 1 is 1.23 bits per heavy atom. The quantitative estimate of drug-likeness (QED) is 0.747. The molecule has 2 rings (SSSR count). The second-order valence-corrected chi connectivity index (χ2v) is 2.78. The first-order valence-corrected chi connectivity index (χ1v) is 4.00. The smallest absolute Gasteiger partial charge is 0.0140 e. The van der Waals surface area contributed by atoms with Crippen LogP contribution in [0.4, 0.5) is 0 Å². The van der Waals surface area contributed by atoms with Crippen LogP contribution in [0.2, 0.25) is 0 Å². The van der Waals surface area contributed by atoms with Crippen molar-refractivity contribution >= 4 is 30.4 Å². The average Bonchev–Trinajstić information content (AvgIpc) is 2.58. The van der Waals surface area contributed by atoms with Crippen LogP contribution in [0.15, 0.2) is 24.5 Å². The molecular formula is C9H14Cl2N2. The van der Waals surface area contributed by atoms with Crippen LogP contribution in [0.25, 0.3) is 5.57 Å². The first-order chi connectivity index (χ1) is 5.47. The van der Waals surface area contributed by atoms with E-state index in [1.165, 1.54) is 11.1 Å². The molecule has 0 aromatic carbocycles. The summed E-state index contributed by atoms with van der Waals surface area (Å²) in [6.07, 6.45) is 7.43. The molecule has 0 atom stereocenters. The third-order valence-electron chi connectivity index (χ3n) is 2.03. The van der Waals surface area contributed by atoms with Gasteiger partial charge in [-0.2, -0.15) is 0 Å². The lowest BCUT2D eigenvalue weighted by Gasteiger charge is -2.12. The van der Waals surface area contributed by atoms with Crippen molar-refractivity contribution in [1.82, 2.24) is 10.3 Å². The first kappa shape index (κ1) is 12.6. The largest absolute Gasteiger partial charge is 0.367 e. The van der Waals surface area contributed by atoms with Gasteiger partial charge in [-0.3, -0.25) is 0 Å². The monoisotopic (exact) mass is 220 g/mol.